The zero-order valence-corrected chi connectivity index (χ0v) is 9.30. The van der Waals surface area contributed by atoms with Crippen LogP contribution in [0.1, 0.15) is 18.8 Å². The number of benzene rings is 1. The fraction of sp³-hybridized carbons (Fsp3) is 0.167. The van der Waals surface area contributed by atoms with Gasteiger partial charge in [0, 0.05) is 0 Å². The lowest BCUT2D eigenvalue weighted by Crippen LogP contribution is -2.09. The highest BCUT2D eigenvalue weighted by molar-refractivity contribution is 5.29. The van der Waals surface area contributed by atoms with Crippen LogP contribution in [0, 0.1) is 5.82 Å². The first kappa shape index (κ1) is 11.5. The van der Waals surface area contributed by atoms with Crippen molar-refractivity contribution in [3.05, 3.63) is 48.3 Å². The Bertz CT molecular complexity index is 499. The molecule has 1 atom stereocenters. The molecule has 0 amide bonds. The van der Waals surface area contributed by atoms with Crippen molar-refractivity contribution in [2.45, 2.75) is 13.0 Å². The van der Waals surface area contributed by atoms with Gasteiger partial charge in [-0.15, -0.1) is 0 Å². The molecule has 0 radical (unpaired) electrons. The fourth-order valence-corrected chi connectivity index (χ4v) is 1.27. The fourth-order valence-electron chi connectivity index (χ4n) is 1.27. The summed E-state index contributed by atoms with van der Waals surface area (Å²) in [5.41, 5.74) is 5.61. The van der Waals surface area contributed by atoms with Crippen molar-refractivity contribution in [3.63, 3.8) is 0 Å². The number of halogens is 1. The van der Waals surface area contributed by atoms with Crippen LogP contribution in [0.4, 0.5) is 4.39 Å². The monoisotopic (exact) mass is 233 g/mol. The number of ether oxygens (including phenoxy) is 1. The van der Waals surface area contributed by atoms with E-state index in [1.54, 1.807) is 19.1 Å². The van der Waals surface area contributed by atoms with E-state index in [2.05, 4.69) is 9.97 Å². The van der Waals surface area contributed by atoms with Gasteiger partial charge in [0.15, 0.2) is 17.3 Å². The Morgan fingerprint density at radius 1 is 1.24 bits per heavy atom. The summed E-state index contributed by atoms with van der Waals surface area (Å²) in [6.07, 6.45) is 2.94. The summed E-state index contributed by atoms with van der Waals surface area (Å²) in [6.45, 7) is 1.78. The number of rotatable bonds is 3. The van der Waals surface area contributed by atoms with Crippen LogP contribution in [0.5, 0.6) is 11.5 Å². The van der Waals surface area contributed by atoms with Crippen LogP contribution in [0.25, 0.3) is 0 Å². The molecule has 2 aromatic rings. The largest absolute Gasteiger partial charge is 0.451 e. The maximum Gasteiger partial charge on any atom is 0.165 e. The number of nitrogens with zero attached hydrogens (tertiary/aromatic N) is 2. The topological polar surface area (TPSA) is 61.0 Å². The molecule has 0 fully saturated rings. The summed E-state index contributed by atoms with van der Waals surface area (Å²) >= 11 is 0. The van der Waals surface area contributed by atoms with Crippen molar-refractivity contribution in [3.8, 4) is 11.5 Å². The normalized spacial score (nSPS) is 12.2. The Hall–Kier alpha value is -2.01. The van der Waals surface area contributed by atoms with Crippen molar-refractivity contribution >= 4 is 0 Å². The molecule has 1 aromatic carbocycles. The van der Waals surface area contributed by atoms with E-state index in [1.807, 2.05) is 0 Å². The van der Waals surface area contributed by atoms with Gasteiger partial charge in [-0.25, -0.2) is 14.4 Å². The minimum absolute atomic E-state index is 0.143. The van der Waals surface area contributed by atoms with Gasteiger partial charge in [0.2, 0.25) is 0 Å². The highest BCUT2D eigenvalue weighted by Gasteiger charge is 2.06. The SMILES string of the molecule is CC(N)c1ncc(Oc2ccccc2F)cn1. The Balaban J connectivity index is 2.17. The third-order valence-corrected chi connectivity index (χ3v) is 2.12. The standard InChI is InChI=1S/C12H12FN3O/c1-8(14)12-15-6-9(7-16-12)17-11-5-3-2-4-10(11)13/h2-8H,14H2,1H3. The van der Waals surface area contributed by atoms with Crippen LogP contribution >= 0.6 is 0 Å². The lowest BCUT2D eigenvalue weighted by atomic mass is 10.3. The van der Waals surface area contributed by atoms with Crippen molar-refractivity contribution in [2.24, 2.45) is 5.73 Å². The van der Waals surface area contributed by atoms with E-state index in [1.165, 1.54) is 24.5 Å². The predicted molar refractivity (Wildman–Crippen MR) is 61.1 cm³/mol. The summed E-state index contributed by atoms with van der Waals surface area (Å²) in [5.74, 6) is 0.610. The second-order valence-electron chi connectivity index (χ2n) is 3.60. The molecule has 0 spiro atoms. The van der Waals surface area contributed by atoms with Crippen molar-refractivity contribution < 1.29 is 9.13 Å². The molecule has 4 nitrogen and oxygen atoms in total. The first-order chi connectivity index (χ1) is 8.16. The first-order valence-corrected chi connectivity index (χ1v) is 5.16. The summed E-state index contributed by atoms with van der Waals surface area (Å²) in [7, 11) is 0. The molecule has 2 rings (SSSR count). The maximum atomic E-state index is 13.3. The van der Waals surface area contributed by atoms with E-state index in [9.17, 15) is 4.39 Å². The van der Waals surface area contributed by atoms with Gasteiger partial charge < -0.3 is 10.5 Å². The second-order valence-corrected chi connectivity index (χ2v) is 3.60. The Morgan fingerprint density at radius 2 is 1.88 bits per heavy atom. The highest BCUT2D eigenvalue weighted by Crippen LogP contribution is 2.22. The third kappa shape index (κ3) is 2.76. The average Bonchev–Trinajstić information content (AvgIpc) is 2.33. The Morgan fingerprint density at radius 3 is 2.47 bits per heavy atom. The minimum Gasteiger partial charge on any atom is -0.451 e. The predicted octanol–water partition coefficient (Wildman–Crippen LogP) is 2.43. The zero-order chi connectivity index (χ0) is 12.3. The Labute approximate surface area is 98.3 Å². The average molecular weight is 233 g/mol. The number of aromatic nitrogens is 2. The number of nitrogens with two attached hydrogens (primary N) is 1. The molecular weight excluding hydrogens is 221 g/mol. The molecule has 0 aliphatic rings. The van der Waals surface area contributed by atoms with Crippen LogP contribution in [-0.2, 0) is 0 Å². The molecule has 2 N–H and O–H groups in total. The van der Waals surface area contributed by atoms with Crippen LogP contribution in [0.3, 0.4) is 0 Å². The van der Waals surface area contributed by atoms with Crippen LogP contribution in [0.2, 0.25) is 0 Å². The van der Waals surface area contributed by atoms with Gasteiger partial charge in [-0.05, 0) is 19.1 Å². The van der Waals surface area contributed by atoms with Gasteiger partial charge in [0.25, 0.3) is 0 Å². The summed E-state index contributed by atoms with van der Waals surface area (Å²) in [6, 6.07) is 5.91. The van der Waals surface area contributed by atoms with E-state index < -0.39 is 5.82 Å². The molecule has 0 saturated carbocycles. The van der Waals surface area contributed by atoms with Crippen molar-refractivity contribution in [1.82, 2.24) is 9.97 Å². The molecule has 1 aromatic heterocycles. The van der Waals surface area contributed by atoms with Gasteiger partial charge in [-0.1, -0.05) is 12.1 Å². The molecule has 88 valence electrons. The van der Waals surface area contributed by atoms with E-state index in [-0.39, 0.29) is 11.8 Å². The van der Waals surface area contributed by atoms with Gasteiger partial charge in [0.1, 0.15) is 5.82 Å². The highest BCUT2D eigenvalue weighted by atomic mass is 19.1. The second kappa shape index (κ2) is 4.88. The summed E-state index contributed by atoms with van der Waals surface area (Å²) in [4.78, 5) is 8.04. The lowest BCUT2D eigenvalue weighted by Gasteiger charge is -2.07. The number of para-hydroxylation sites is 1. The van der Waals surface area contributed by atoms with E-state index in [0.717, 1.165) is 0 Å². The smallest absolute Gasteiger partial charge is 0.165 e. The molecule has 0 bridgehead atoms. The van der Waals surface area contributed by atoms with Gasteiger partial charge >= 0.3 is 0 Å². The molecule has 1 unspecified atom stereocenters. The molecular formula is C12H12FN3O. The number of hydrogen-bond donors (Lipinski definition) is 1. The molecule has 0 saturated heterocycles. The lowest BCUT2D eigenvalue weighted by molar-refractivity contribution is 0.437. The van der Waals surface area contributed by atoms with E-state index >= 15 is 0 Å². The third-order valence-electron chi connectivity index (χ3n) is 2.12. The molecule has 0 aliphatic carbocycles. The van der Waals surface area contributed by atoms with E-state index in [4.69, 9.17) is 10.5 Å². The van der Waals surface area contributed by atoms with Crippen molar-refractivity contribution in [2.75, 3.05) is 0 Å². The van der Waals surface area contributed by atoms with E-state index in [0.29, 0.717) is 11.6 Å². The summed E-state index contributed by atoms with van der Waals surface area (Å²) < 4.78 is 18.6. The quantitative estimate of drug-likeness (QED) is 0.884. The van der Waals surface area contributed by atoms with Gasteiger partial charge in [0.05, 0.1) is 18.4 Å². The van der Waals surface area contributed by atoms with Crippen LogP contribution in [-0.4, -0.2) is 9.97 Å². The molecule has 5 heteroatoms. The van der Waals surface area contributed by atoms with Gasteiger partial charge in [-0.3, -0.25) is 0 Å². The van der Waals surface area contributed by atoms with Crippen LogP contribution in [0.15, 0.2) is 36.7 Å². The first-order valence-electron chi connectivity index (χ1n) is 5.16. The molecule has 17 heavy (non-hydrogen) atoms. The molecule has 1 heterocycles. The maximum absolute atomic E-state index is 13.3. The van der Waals surface area contributed by atoms with Crippen LogP contribution < -0.4 is 10.5 Å². The zero-order valence-electron chi connectivity index (χ0n) is 9.30. The summed E-state index contributed by atoms with van der Waals surface area (Å²) in [5, 5.41) is 0. The molecule has 0 aliphatic heterocycles. The number of hydrogen-bond acceptors (Lipinski definition) is 4. The van der Waals surface area contributed by atoms with Gasteiger partial charge in [-0.2, -0.15) is 0 Å². The minimum atomic E-state index is -0.427. The Kier molecular flexibility index (Phi) is 3.30. The van der Waals surface area contributed by atoms with Crippen molar-refractivity contribution in [1.29, 1.82) is 0 Å².